The second-order valence-corrected chi connectivity index (χ2v) is 6.44. The Morgan fingerprint density at radius 1 is 0.885 bits per heavy atom. The molecule has 0 bridgehead atoms. The molecule has 2 N–H and O–H groups in total. The minimum Gasteiger partial charge on any atom is -0.381 e. The largest absolute Gasteiger partial charge is 0.381 e. The van der Waals surface area contributed by atoms with Gasteiger partial charge in [0.2, 0.25) is 0 Å². The van der Waals surface area contributed by atoms with Gasteiger partial charge < -0.3 is 10.6 Å². The molecule has 0 aliphatic rings. The molecule has 4 heteroatoms. The van der Waals surface area contributed by atoms with Crippen molar-refractivity contribution in [1.82, 2.24) is 10.3 Å². The lowest BCUT2D eigenvalue weighted by atomic mass is 10.1. The van der Waals surface area contributed by atoms with E-state index in [1.165, 1.54) is 16.7 Å². The van der Waals surface area contributed by atoms with Crippen LogP contribution in [0.3, 0.4) is 0 Å². The molecule has 3 rings (SSSR count). The zero-order valence-corrected chi connectivity index (χ0v) is 15.1. The Balaban J connectivity index is 1.59. The van der Waals surface area contributed by atoms with Gasteiger partial charge in [-0.2, -0.15) is 0 Å². The van der Waals surface area contributed by atoms with Crippen molar-refractivity contribution in [1.29, 1.82) is 0 Å². The van der Waals surface area contributed by atoms with E-state index < -0.39 is 0 Å². The summed E-state index contributed by atoms with van der Waals surface area (Å²) >= 11 is 0. The molecule has 1 aromatic heterocycles. The first kappa shape index (κ1) is 17.7. The quantitative estimate of drug-likeness (QED) is 0.702. The van der Waals surface area contributed by atoms with Crippen LogP contribution in [0.4, 0.5) is 5.69 Å². The highest BCUT2D eigenvalue weighted by molar-refractivity contribution is 5.93. The average Bonchev–Trinajstić information content (AvgIpc) is 2.66. The molecule has 1 amide bonds. The molecule has 26 heavy (non-hydrogen) atoms. The molecule has 1 heterocycles. The van der Waals surface area contributed by atoms with E-state index in [4.69, 9.17) is 0 Å². The third-order valence-electron chi connectivity index (χ3n) is 4.15. The monoisotopic (exact) mass is 345 g/mol. The molecule has 0 fully saturated rings. The molecule has 4 nitrogen and oxygen atoms in total. The van der Waals surface area contributed by atoms with E-state index in [1.54, 1.807) is 12.3 Å². The first-order valence-electron chi connectivity index (χ1n) is 8.69. The molecule has 0 atom stereocenters. The van der Waals surface area contributed by atoms with E-state index in [1.807, 2.05) is 43.3 Å². The van der Waals surface area contributed by atoms with E-state index in [0.717, 1.165) is 11.3 Å². The third kappa shape index (κ3) is 4.93. The fourth-order valence-electron chi connectivity index (χ4n) is 2.67. The molecule has 0 aliphatic heterocycles. The van der Waals surface area contributed by atoms with Crippen LogP contribution < -0.4 is 10.6 Å². The fourth-order valence-corrected chi connectivity index (χ4v) is 2.67. The van der Waals surface area contributed by atoms with Crippen LogP contribution in [0.25, 0.3) is 0 Å². The van der Waals surface area contributed by atoms with Crippen LogP contribution in [0.15, 0.2) is 66.9 Å². The lowest BCUT2D eigenvalue weighted by molar-refractivity contribution is 0.0946. The van der Waals surface area contributed by atoms with Crippen molar-refractivity contribution in [2.24, 2.45) is 0 Å². The van der Waals surface area contributed by atoms with Crippen molar-refractivity contribution in [3.8, 4) is 0 Å². The van der Waals surface area contributed by atoms with Gasteiger partial charge in [0.25, 0.3) is 5.91 Å². The predicted octanol–water partition coefficient (Wildman–Crippen LogP) is 4.24. The van der Waals surface area contributed by atoms with E-state index in [0.29, 0.717) is 18.8 Å². The number of benzene rings is 2. The Hall–Kier alpha value is -3.14. The summed E-state index contributed by atoms with van der Waals surface area (Å²) in [5.74, 6) is -0.176. The van der Waals surface area contributed by atoms with Crippen LogP contribution in [0, 0.1) is 13.8 Å². The highest BCUT2D eigenvalue weighted by atomic mass is 16.1. The summed E-state index contributed by atoms with van der Waals surface area (Å²) in [4.78, 5) is 16.5. The number of hydrogen-bond acceptors (Lipinski definition) is 3. The summed E-state index contributed by atoms with van der Waals surface area (Å²) in [5.41, 5.74) is 5.99. The summed E-state index contributed by atoms with van der Waals surface area (Å²) in [6.45, 7) is 5.31. The Morgan fingerprint density at radius 2 is 1.69 bits per heavy atom. The second-order valence-electron chi connectivity index (χ2n) is 6.44. The normalized spacial score (nSPS) is 10.4. The van der Waals surface area contributed by atoms with Gasteiger partial charge in [-0.3, -0.25) is 9.78 Å². The number of carbonyl (C=O) groups is 1. The number of aryl methyl sites for hydroxylation is 2. The fraction of sp³-hybridized carbons (Fsp3) is 0.182. The van der Waals surface area contributed by atoms with Gasteiger partial charge in [0.05, 0.1) is 0 Å². The molecule has 0 saturated carbocycles. The molecule has 0 radical (unpaired) electrons. The zero-order chi connectivity index (χ0) is 18.4. The molecule has 3 aromatic rings. The van der Waals surface area contributed by atoms with Gasteiger partial charge in [-0.25, -0.2) is 0 Å². The number of hydrogen-bond donors (Lipinski definition) is 2. The van der Waals surface area contributed by atoms with Gasteiger partial charge in [0.1, 0.15) is 5.69 Å². The molecule has 0 spiro atoms. The zero-order valence-electron chi connectivity index (χ0n) is 15.1. The summed E-state index contributed by atoms with van der Waals surface area (Å²) < 4.78 is 0. The lowest BCUT2D eigenvalue weighted by Crippen LogP contribution is -2.23. The molecule has 2 aromatic carbocycles. The van der Waals surface area contributed by atoms with E-state index in [2.05, 4.69) is 40.7 Å². The van der Waals surface area contributed by atoms with Crippen LogP contribution in [0.2, 0.25) is 0 Å². The van der Waals surface area contributed by atoms with Crippen LogP contribution >= 0.6 is 0 Å². The minimum atomic E-state index is -0.176. The molecule has 0 aliphatic carbocycles. The third-order valence-corrected chi connectivity index (χ3v) is 4.15. The van der Waals surface area contributed by atoms with Crippen LogP contribution in [0.5, 0.6) is 0 Å². The molecule has 132 valence electrons. The Morgan fingerprint density at radius 3 is 2.46 bits per heavy atom. The molecular weight excluding hydrogens is 322 g/mol. The maximum Gasteiger partial charge on any atom is 0.270 e. The SMILES string of the molecule is Cc1ccc(CNC(=O)c2cc(NCc3cccc(C)c3)ccn2)cc1. The number of rotatable bonds is 6. The number of amides is 1. The van der Waals surface area contributed by atoms with Gasteiger partial charge in [-0.1, -0.05) is 59.7 Å². The van der Waals surface area contributed by atoms with Gasteiger partial charge in [-0.15, -0.1) is 0 Å². The highest BCUT2D eigenvalue weighted by Gasteiger charge is 2.08. The first-order valence-corrected chi connectivity index (χ1v) is 8.69. The average molecular weight is 345 g/mol. The van der Waals surface area contributed by atoms with Crippen LogP contribution in [-0.4, -0.2) is 10.9 Å². The highest BCUT2D eigenvalue weighted by Crippen LogP contribution is 2.12. The van der Waals surface area contributed by atoms with Gasteiger partial charge in [0.15, 0.2) is 0 Å². The number of pyridine rings is 1. The predicted molar refractivity (Wildman–Crippen MR) is 105 cm³/mol. The number of nitrogens with zero attached hydrogens (tertiary/aromatic N) is 1. The second kappa shape index (κ2) is 8.30. The number of anilines is 1. The van der Waals surface area contributed by atoms with Crippen LogP contribution in [-0.2, 0) is 13.1 Å². The van der Waals surface area contributed by atoms with Crippen molar-refractivity contribution in [3.05, 3.63) is 94.8 Å². The molecular formula is C22H23N3O. The summed E-state index contributed by atoms with van der Waals surface area (Å²) in [6.07, 6.45) is 1.65. The van der Waals surface area contributed by atoms with Crippen LogP contribution in [0.1, 0.15) is 32.7 Å². The van der Waals surface area contributed by atoms with Crippen molar-refractivity contribution >= 4 is 11.6 Å². The van der Waals surface area contributed by atoms with E-state index >= 15 is 0 Å². The smallest absolute Gasteiger partial charge is 0.270 e. The topological polar surface area (TPSA) is 54.0 Å². The van der Waals surface area contributed by atoms with Crippen molar-refractivity contribution in [3.63, 3.8) is 0 Å². The van der Waals surface area contributed by atoms with Crippen molar-refractivity contribution in [2.45, 2.75) is 26.9 Å². The molecule has 0 unspecified atom stereocenters. The summed E-state index contributed by atoms with van der Waals surface area (Å²) in [5, 5.41) is 6.26. The number of aromatic nitrogens is 1. The first-order chi connectivity index (χ1) is 12.6. The Bertz CT molecular complexity index is 888. The summed E-state index contributed by atoms with van der Waals surface area (Å²) in [7, 11) is 0. The van der Waals surface area contributed by atoms with Gasteiger partial charge in [0, 0.05) is 25.0 Å². The number of carbonyl (C=O) groups excluding carboxylic acids is 1. The van der Waals surface area contributed by atoms with E-state index in [9.17, 15) is 4.79 Å². The minimum absolute atomic E-state index is 0.176. The maximum atomic E-state index is 12.4. The Labute approximate surface area is 154 Å². The van der Waals surface area contributed by atoms with Crippen molar-refractivity contribution in [2.75, 3.05) is 5.32 Å². The number of nitrogens with one attached hydrogen (secondary N) is 2. The summed E-state index contributed by atoms with van der Waals surface area (Å²) in [6, 6.07) is 20.1. The van der Waals surface area contributed by atoms with Gasteiger partial charge >= 0.3 is 0 Å². The van der Waals surface area contributed by atoms with Crippen molar-refractivity contribution < 1.29 is 4.79 Å². The lowest BCUT2D eigenvalue weighted by Gasteiger charge is -2.09. The standard InChI is InChI=1S/C22H23N3O/c1-16-6-8-18(9-7-16)14-25-22(26)21-13-20(10-11-23-21)24-15-19-5-3-4-17(2)12-19/h3-13H,14-15H2,1-2H3,(H,23,24)(H,25,26). The maximum absolute atomic E-state index is 12.4. The molecule has 0 saturated heterocycles. The van der Waals surface area contributed by atoms with E-state index in [-0.39, 0.29) is 5.91 Å². The van der Waals surface area contributed by atoms with Gasteiger partial charge in [-0.05, 0) is 37.1 Å². The Kier molecular flexibility index (Phi) is 5.64.